The molecule has 16 rings (SSSR count). The Morgan fingerprint density at radius 1 is 0.196 bits per heavy atom. The molecule has 4 unspecified atom stereocenters. The van der Waals surface area contributed by atoms with E-state index >= 15 is 0 Å². The van der Waals surface area contributed by atoms with Crippen molar-refractivity contribution in [2.45, 2.75) is 69.0 Å². The van der Waals surface area contributed by atoms with Gasteiger partial charge in [-0.3, -0.25) is 19.2 Å². The average molecular weight is 1780 g/mol. The number of rotatable bonds is 16. The maximum Gasteiger partial charge on any atom is 0.315 e. The molecule has 4 fully saturated rings. The number of benzene rings is 12. The van der Waals surface area contributed by atoms with E-state index in [0.29, 0.717) is 25.7 Å². The molecule has 0 heterocycles. The normalized spacial score (nSPS) is 20.4. The van der Waals surface area contributed by atoms with Gasteiger partial charge in [-0.2, -0.15) is 0 Å². The van der Waals surface area contributed by atoms with Gasteiger partial charge in [0.05, 0.1) is 0 Å². The Kier molecular flexibility index (Phi) is 22.4. The summed E-state index contributed by atoms with van der Waals surface area (Å²) in [5.74, 6) is -3.10. The van der Waals surface area contributed by atoms with Crippen LogP contribution in [0.3, 0.4) is 0 Å². The summed E-state index contributed by atoms with van der Waals surface area (Å²) in [7, 11) is 0. The van der Waals surface area contributed by atoms with Crippen molar-refractivity contribution in [3.63, 3.8) is 0 Å². The van der Waals surface area contributed by atoms with Gasteiger partial charge in [-0.05, 0) is 141 Å². The molecule has 0 saturated heterocycles. The number of carbonyl (C=O) groups is 4. The fourth-order valence-electron chi connectivity index (χ4n) is 16.5. The molecule has 12 aromatic rings. The summed E-state index contributed by atoms with van der Waals surface area (Å²) in [6.07, 6.45) is 2.24. The van der Waals surface area contributed by atoms with Crippen LogP contribution in [0.5, 0.6) is 0 Å². The largest absolute Gasteiger partial charge is 0.481 e. The number of carboxylic acids is 4. The van der Waals surface area contributed by atoms with Gasteiger partial charge in [0.25, 0.3) is 0 Å². The van der Waals surface area contributed by atoms with Gasteiger partial charge in [0.1, 0.15) is 21.7 Å². The number of halogens is 4. The minimum Gasteiger partial charge on any atom is -0.481 e. The van der Waals surface area contributed by atoms with Crippen molar-refractivity contribution >= 4 is 87.6 Å². The van der Waals surface area contributed by atoms with Gasteiger partial charge in [0, 0.05) is 78.5 Å². The van der Waals surface area contributed by atoms with Crippen LogP contribution in [0.2, 0.25) is 0 Å². The van der Waals surface area contributed by atoms with Crippen molar-refractivity contribution in [3.05, 3.63) is 424 Å². The van der Waals surface area contributed by atoms with E-state index in [2.05, 4.69) is 63.7 Å². The van der Waals surface area contributed by atoms with E-state index in [-0.39, 0.29) is 39.0 Å². The van der Waals surface area contributed by atoms with Gasteiger partial charge in [-0.25, -0.2) is 0 Å². The molecule has 4 saturated carbocycles. The zero-order chi connectivity index (χ0) is 70.0. The van der Waals surface area contributed by atoms with Gasteiger partial charge in [0.15, 0.2) is 0 Å². The molecule has 0 spiro atoms. The molecule has 12 aromatic carbocycles. The van der Waals surface area contributed by atoms with E-state index in [4.69, 9.17) is 0 Å². The molecule has 0 aliphatic heterocycles. The Labute approximate surface area is 653 Å². The maximum atomic E-state index is 12.5. The third-order valence-electron chi connectivity index (χ3n) is 21.5. The Balaban J connectivity index is 0.000000136. The molecule has 0 bridgehead atoms. The molecule has 4 N–H and O–H groups in total. The maximum absolute atomic E-state index is 12.5. The first-order valence-electron chi connectivity index (χ1n) is 32.9. The number of hydrogen-bond donors (Lipinski definition) is 4. The van der Waals surface area contributed by atoms with Crippen LogP contribution in [0.4, 0.5) is 0 Å². The molecule has 0 aromatic heterocycles. The number of carboxylic acid groups (broad SMARTS) is 4. The Bertz CT molecular complexity index is 4100. The third kappa shape index (κ3) is 12.7. The second-order valence-electron chi connectivity index (χ2n) is 26.1. The molecule has 102 heavy (non-hydrogen) atoms. The number of hydrogen-bond acceptors (Lipinski definition) is 4. The standard InChI is InChI=1S/4C22H17BrO2.2Rh/c4*23-19-13-11-18(12-14-19)22(20(24)25)15-21(22,16-7-3-1-4-8-16)17-9-5-2-6-10-17;;/h4*1-14H,15H2,(H,24,25);;. The fraction of sp³-hybridized carbons (Fsp3) is 0.136. The summed E-state index contributed by atoms with van der Waals surface area (Å²) in [4.78, 5) is 50.1. The fourth-order valence-corrected chi connectivity index (χ4v) is 17.6. The van der Waals surface area contributed by atoms with Crippen molar-refractivity contribution in [2.75, 3.05) is 0 Å². The second kappa shape index (κ2) is 30.6. The topological polar surface area (TPSA) is 149 Å². The van der Waals surface area contributed by atoms with Crippen LogP contribution in [0.15, 0.2) is 358 Å². The summed E-state index contributed by atoms with van der Waals surface area (Å²) < 4.78 is 3.79. The SMILES string of the molecule is O=C(O)C1(c2ccc(Br)cc2)CC1(c1ccccc1)c1ccccc1.O=C(O)C1(c2ccc(Br)cc2)CC1(c1ccccc1)c1ccccc1.O=C(O)C1(c2ccc(Br)cc2)CC1(c1ccccc1)c1ccccc1.O=C(O)C1(c2ccc(Br)cc2)CC1(c1ccccc1)c1ccccc1.[Rh].[Rh]. The van der Waals surface area contributed by atoms with Gasteiger partial charge >= 0.3 is 23.9 Å². The van der Waals surface area contributed by atoms with E-state index in [9.17, 15) is 39.6 Å². The minimum absolute atomic E-state index is 0. The summed E-state index contributed by atoms with van der Waals surface area (Å²) in [5.41, 5.74) is 5.78. The molecule has 2 radical (unpaired) electrons. The molecule has 514 valence electrons. The van der Waals surface area contributed by atoms with Crippen LogP contribution >= 0.6 is 63.7 Å². The monoisotopic (exact) mass is 1770 g/mol. The Hall–Kier alpha value is -8.31. The first kappa shape index (κ1) is 74.9. The van der Waals surface area contributed by atoms with Crippen LogP contribution in [-0.2, 0) is 101 Å². The Morgan fingerprint density at radius 3 is 0.422 bits per heavy atom. The zero-order valence-electron chi connectivity index (χ0n) is 54.8. The van der Waals surface area contributed by atoms with Crippen LogP contribution in [0.1, 0.15) is 92.4 Å². The van der Waals surface area contributed by atoms with Gasteiger partial charge in [0.2, 0.25) is 0 Å². The van der Waals surface area contributed by atoms with Crippen molar-refractivity contribution < 1.29 is 78.6 Å². The van der Waals surface area contributed by atoms with E-state index in [1.165, 1.54) is 0 Å². The van der Waals surface area contributed by atoms with Crippen LogP contribution < -0.4 is 0 Å². The Morgan fingerprint density at radius 2 is 0.314 bits per heavy atom. The average Bonchev–Trinajstić information content (AvgIpc) is 1.52. The van der Waals surface area contributed by atoms with Crippen molar-refractivity contribution in [2.24, 2.45) is 0 Å². The minimum atomic E-state index is -0.948. The summed E-state index contributed by atoms with van der Waals surface area (Å²) >= 11 is 13.8. The molecule has 4 aliphatic rings. The second-order valence-corrected chi connectivity index (χ2v) is 29.8. The van der Waals surface area contributed by atoms with Gasteiger partial charge in [-0.1, -0.05) is 355 Å². The van der Waals surface area contributed by atoms with E-state index in [1.54, 1.807) is 0 Å². The predicted molar refractivity (Wildman–Crippen MR) is 407 cm³/mol. The van der Waals surface area contributed by atoms with Crippen LogP contribution in [0, 0.1) is 0 Å². The van der Waals surface area contributed by atoms with Crippen molar-refractivity contribution in [1.29, 1.82) is 0 Å². The molecule has 8 nitrogen and oxygen atoms in total. The van der Waals surface area contributed by atoms with Crippen LogP contribution in [0.25, 0.3) is 0 Å². The zero-order valence-corrected chi connectivity index (χ0v) is 64.4. The third-order valence-corrected chi connectivity index (χ3v) is 23.6. The molecule has 4 aliphatic carbocycles. The van der Waals surface area contributed by atoms with E-state index in [0.717, 1.165) is 84.7 Å². The summed E-state index contributed by atoms with van der Waals surface area (Å²) in [6, 6.07) is 111. The van der Waals surface area contributed by atoms with Crippen molar-refractivity contribution in [1.82, 2.24) is 0 Å². The molecule has 4 atom stereocenters. The summed E-state index contributed by atoms with van der Waals surface area (Å²) in [5, 5.41) is 41.1. The predicted octanol–water partition coefficient (Wildman–Crippen LogP) is 20.6. The molecular formula is C88H68Br4O8Rh2. The number of aliphatic carboxylic acids is 4. The molecule has 14 heteroatoms. The van der Waals surface area contributed by atoms with Gasteiger partial charge < -0.3 is 20.4 Å². The van der Waals surface area contributed by atoms with Gasteiger partial charge in [-0.15, -0.1) is 0 Å². The van der Waals surface area contributed by atoms with Crippen LogP contribution in [-0.4, -0.2) is 44.3 Å². The molecule has 0 amide bonds. The first-order valence-corrected chi connectivity index (χ1v) is 36.0. The molecular weight excluding hydrogens is 1710 g/mol. The first-order chi connectivity index (χ1) is 48.4. The smallest absolute Gasteiger partial charge is 0.315 e. The quantitative estimate of drug-likeness (QED) is 0.0699. The van der Waals surface area contributed by atoms with E-state index < -0.39 is 67.2 Å². The van der Waals surface area contributed by atoms with E-state index in [1.807, 2.05) is 340 Å². The summed E-state index contributed by atoms with van der Waals surface area (Å²) in [6.45, 7) is 0. The van der Waals surface area contributed by atoms with Crippen molar-refractivity contribution in [3.8, 4) is 0 Å².